The van der Waals surface area contributed by atoms with E-state index < -0.39 is 6.10 Å². The van der Waals surface area contributed by atoms with Crippen LogP contribution in [0.5, 0.6) is 5.88 Å². The molecule has 7 heteroatoms. The van der Waals surface area contributed by atoms with Gasteiger partial charge in [-0.3, -0.25) is 9.48 Å². The summed E-state index contributed by atoms with van der Waals surface area (Å²) in [7, 11) is 1.84. The lowest BCUT2D eigenvalue weighted by atomic mass is 10.0. The maximum absolute atomic E-state index is 12.6. The van der Waals surface area contributed by atoms with Crippen molar-refractivity contribution in [3.63, 3.8) is 0 Å². The van der Waals surface area contributed by atoms with Gasteiger partial charge in [0.25, 0.3) is 5.91 Å². The van der Waals surface area contributed by atoms with E-state index in [-0.39, 0.29) is 5.91 Å². The van der Waals surface area contributed by atoms with E-state index >= 15 is 0 Å². The van der Waals surface area contributed by atoms with Crippen LogP contribution >= 0.6 is 11.6 Å². The van der Waals surface area contributed by atoms with E-state index in [4.69, 9.17) is 16.3 Å². The molecular formula is C23H21ClN4O2. The first kappa shape index (κ1) is 19.9. The van der Waals surface area contributed by atoms with E-state index in [1.807, 2.05) is 50.4 Å². The molecule has 0 aliphatic carbocycles. The van der Waals surface area contributed by atoms with Gasteiger partial charge >= 0.3 is 0 Å². The Morgan fingerprint density at radius 2 is 1.83 bits per heavy atom. The molecule has 0 saturated carbocycles. The Morgan fingerprint density at radius 1 is 1.13 bits per heavy atom. The summed E-state index contributed by atoms with van der Waals surface area (Å²) in [4.78, 5) is 17.2. The molecule has 1 atom stereocenters. The number of hydrogen-bond acceptors (Lipinski definition) is 4. The lowest BCUT2D eigenvalue weighted by molar-refractivity contribution is -0.122. The molecular weight excluding hydrogens is 400 g/mol. The first-order valence-electron chi connectivity index (χ1n) is 9.55. The number of aryl methyl sites for hydroxylation is 2. The number of nitrogens with zero attached hydrogens (tertiary/aromatic N) is 3. The third kappa shape index (κ3) is 4.00. The summed E-state index contributed by atoms with van der Waals surface area (Å²) >= 11 is 5.89. The van der Waals surface area contributed by atoms with Crippen LogP contribution in [0.1, 0.15) is 12.6 Å². The molecule has 2 aromatic heterocycles. The van der Waals surface area contributed by atoms with Gasteiger partial charge in [-0.05, 0) is 49.2 Å². The van der Waals surface area contributed by atoms with Gasteiger partial charge in [-0.1, -0.05) is 41.9 Å². The molecule has 30 heavy (non-hydrogen) atoms. The summed E-state index contributed by atoms with van der Waals surface area (Å²) in [6.45, 7) is 3.65. The van der Waals surface area contributed by atoms with Gasteiger partial charge in [-0.2, -0.15) is 10.1 Å². The highest BCUT2D eigenvalue weighted by Crippen LogP contribution is 2.33. The fourth-order valence-electron chi connectivity index (χ4n) is 3.34. The Bertz CT molecular complexity index is 1200. The van der Waals surface area contributed by atoms with Crippen LogP contribution in [0.4, 0.5) is 5.69 Å². The van der Waals surface area contributed by atoms with E-state index in [0.717, 1.165) is 22.2 Å². The molecule has 0 unspecified atom stereocenters. The first-order valence-corrected chi connectivity index (χ1v) is 9.93. The maximum Gasteiger partial charge on any atom is 0.265 e. The summed E-state index contributed by atoms with van der Waals surface area (Å²) in [6.07, 6.45) is -0.747. The smallest absolute Gasteiger partial charge is 0.265 e. The first-order chi connectivity index (χ1) is 14.4. The molecule has 0 saturated heterocycles. The van der Waals surface area contributed by atoms with Crippen LogP contribution in [-0.2, 0) is 11.8 Å². The summed E-state index contributed by atoms with van der Waals surface area (Å²) in [5, 5.41) is 8.90. The minimum Gasteiger partial charge on any atom is -0.464 e. The average molecular weight is 421 g/mol. The maximum atomic E-state index is 12.6. The molecule has 0 bridgehead atoms. The van der Waals surface area contributed by atoms with Crippen LogP contribution in [0, 0.1) is 6.92 Å². The van der Waals surface area contributed by atoms with Crippen molar-refractivity contribution in [3.8, 4) is 17.0 Å². The molecule has 0 spiro atoms. The zero-order valence-electron chi connectivity index (χ0n) is 16.9. The number of amides is 1. The van der Waals surface area contributed by atoms with Crippen molar-refractivity contribution in [2.75, 3.05) is 5.32 Å². The number of ether oxygens (including phenoxy) is 1. The normalized spacial score (nSPS) is 12.0. The molecule has 4 rings (SSSR count). The zero-order valence-corrected chi connectivity index (χ0v) is 17.6. The Hall–Kier alpha value is -3.38. The van der Waals surface area contributed by atoms with Crippen LogP contribution in [0.25, 0.3) is 22.2 Å². The Labute approximate surface area is 179 Å². The van der Waals surface area contributed by atoms with E-state index in [2.05, 4.69) is 15.4 Å². The van der Waals surface area contributed by atoms with E-state index in [1.54, 1.807) is 35.9 Å². The van der Waals surface area contributed by atoms with E-state index in [9.17, 15) is 4.79 Å². The molecule has 1 amide bonds. The highest BCUT2D eigenvalue weighted by atomic mass is 35.5. The molecule has 2 aromatic carbocycles. The van der Waals surface area contributed by atoms with Gasteiger partial charge < -0.3 is 10.1 Å². The number of anilines is 1. The molecule has 6 nitrogen and oxygen atoms in total. The number of nitrogens with one attached hydrogen (secondary N) is 1. The van der Waals surface area contributed by atoms with Gasteiger partial charge in [0.2, 0.25) is 5.88 Å². The second kappa shape index (κ2) is 8.16. The van der Waals surface area contributed by atoms with Crippen LogP contribution in [0.2, 0.25) is 5.02 Å². The molecule has 4 aromatic rings. The Balaban J connectivity index is 1.65. The number of pyridine rings is 1. The minimum absolute atomic E-state index is 0.276. The second-order valence-corrected chi connectivity index (χ2v) is 7.47. The standard InChI is InChI=1S/C23H21ClN4O2/c1-14-21-19(16-7-5-4-6-8-16)13-20(26-22(21)28(3)27-14)30-15(2)23(29)25-18-11-9-17(24)10-12-18/h4-13,15H,1-3H3,(H,25,29)/t15-/m1/s1. The summed E-state index contributed by atoms with van der Waals surface area (Å²) in [6, 6.07) is 18.8. The van der Waals surface area contributed by atoms with Gasteiger partial charge in [0, 0.05) is 23.8 Å². The quantitative estimate of drug-likeness (QED) is 0.493. The van der Waals surface area contributed by atoms with Gasteiger partial charge in [0.05, 0.1) is 11.1 Å². The highest BCUT2D eigenvalue weighted by molar-refractivity contribution is 6.30. The Morgan fingerprint density at radius 3 is 2.53 bits per heavy atom. The predicted octanol–water partition coefficient (Wildman–Crippen LogP) is 5.00. The average Bonchev–Trinajstić information content (AvgIpc) is 3.03. The van der Waals surface area contributed by atoms with E-state index in [1.165, 1.54) is 0 Å². The van der Waals surface area contributed by atoms with Gasteiger partial charge in [-0.25, -0.2) is 0 Å². The summed E-state index contributed by atoms with van der Waals surface area (Å²) in [5.41, 5.74) is 4.24. The van der Waals surface area contributed by atoms with Crippen molar-refractivity contribution in [1.82, 2.24) is 14.8 Å². The number of halogens is 1. The highest BCUT2D eigenvalue weighted by Gasteiger charge is 2.19. The number of hydrogen-bond donors (Lipinski definition) is 1. The van der Waals surface area contributed by atoms with Crippen molar-refractivity contribution in [3.05, 3.63) is 71.4 Å². The molecule has 0 aliphatic rings. The molecule has 0 aliphatic heterocycles. The molecule has 0 radical (unpaired) electrons. The van der Waals surface area contributed by atoms with Crippen molar-refractivity contribution >= 4 is 34.2 Å². The van der Waals surface area contributed by atoms with Gasteiger partial charge in [0.1, 0.15) is 0 Å². The molecule has 1 N–H and O–H groups in total. The summed E-state index contributed by atoms with van der Waals surface area (Å²) < 4.78 is 7.64. The second-order valence-electron chi connectivity index (χ2n) is 7.04. The molecule has 2 heterocycles. The third-order valence-corrected chi connectivity index (χ3v) is 5.06. The Kier molecular flexibility index (Phi) is 5.42. The lowest BCUT2D eigenvalue weighted by Gasteiger charge is -2.15. The number of benzene rings is 2. The van der Waals surface area contributed by atoms with Crippen molar-refractivity contribution < 1.29 is 9.53 Å². The van der Waals surface area contributed by atoms with Crippen LogP contribution in [-0.4, -0.2) is 26.8 Å². The van der Waals surface area contributed by atoms with Crippen molar-refractivity contribution in [1.29, 1.82) is 0 Å². The van der Waals surface area contributed by atoms with E-state index in [0.29, 0.717) is 22.2 Å². The molecule has 0 fully saturated rings. The number of carbonyl (C=O) groups is 1. The molecule has 152 valence electrons. The number of fused-ring (bicyclic) bond motifs is 1. The fraction of sp³-hybridized carbons (Fsp3) is 0.174. The van der Waals surface area contributed by atoms with Crippen LogP contribution in [0.3, 0.4) is 0 Å². The van der Waals surface area contributed by atoms with Crippen LogP contribution in [0.15, 0.2) is 60.7 Å². The lowest BCUT2D eigenvalue weighted by Crippen LogP contribution is -2.30. The fourth-order valence-corrected chi connectivity index (χ4v) is 3.47. The SMILES string of the molecule is Cc1nn(C)c2nc(O[C@H](C)C(=O)Nc3ccc(Cl)cc3)cc(-c3ccccc3)c12. The minimum atomic E-state index is -0.747. The van der Waals surface area contributed by atoms with Gasteiger partial charge in [-0.15, -0.1) is 0 Å². The summed E-state index contributed by atoms with van der Waals surface area (Å²) in [5.74, 6) is 0.0878. The third-order valence-electron chi connectivity index (χ3n) is 4.81. The topological polar surface area (TPSA) is 69.0 Å². The van der Waals surface area contributed by atoms with Crippen molar-refractivity contribution in [2.45, 2.75) is 20.0 Å². The monoisotopic (exact) mass is 420 g/mol. The number of carbonyl (C=O) groups excluding carboxylic acids is 1. The van der Waals surface area contributed by atoms with Gasteiger partial charge in [0.15, 0.2) is 11.8 Å². The van der Waals surface area contributed by atoms with Crippen LogP contribution < -0.4 is 10.1 Å². The van der Waals surface area contributed by atoms with Crippen molar-refractivity contribution in [2.24, 2.45) is 7.05 Å². The predicted molar refractivity (Wildman–Crippen MR) is 119 cm³/mol. The number of rotatable bonds is 5. The zero-order chi connectivity index (χ0) is 21.3. The largest absolute Gasteiger partial charge is 0.464 e. The number of aromatic nitrogens is 3.